The zero-order valence-electron chi connectivity index (χ0n) is 10.3. The van der Waals surface area contributed by atoms with Crippen LogP contribution in [0.1, 0.15) is 16.7 Å². The minimum Gasteiger partial charge on any atom is -0.254 e. The highest BCUT2D eigenvalue weighted by atomic mass is 14.7. The van der Waals surface area contributed by atoms with Crippen molar-refractivity contribution in [3.63, 3.8) is 0 Å². The number of pyridine rings is 2. The van der Waals surface area contributed by atoms with Gasteiger partial charge in [-0.25, -0.2) is 0 Å². The molecule has 0 fully saturated rings. The number of rotatable bonds is 0. The maximum atomic E-state index is 4.54. The van der Waals surface area contributed by atoms with Crippen molar-refractivity contribution in [2.24, 2.45) is 0 Å². The van der Waals surface area contributed by atoms with E-state index in [0.717, 1.165) is 11.0 Å². The molecule has 2 heteroatoms. The Balaban J connectivity index is 2.55. The van der Waals surface area contributed by atoms with Gasteiger partial charge in [0.2, 0.25) is 0 Å². The molecular weight excluding hydrogens is 208 g/mol. The molecule has 84 valence electrons. The molecule has 2 aromatic heterocycles. The smallest absolute Gasteiger partial charge is 0.0967 e. The predicted molar refractivity (Wildman–Crippen MR) is 71.3 cm³/mol. The van der Waals surface area contributed by atoms with Gasteiger partial charge < -0.3 is 0 Å². The lowest BCUT2D eigenvalue weighted by Crippen LogP contribution is -1.90. The monoisotopic (exact) mass is 222 g/mol. The third-order valence-electron chi connectivity index (χ3n) is 3.10. The summed E-state index contributed by atoms with van der Waals surface area (Å²) in [5, 5.41) is 2.38. The average Bonchev–Trinajstić information content (AvgIpc) is 2.29. The first-order valence-corrected chi connectivity index (χ1v) is 5.77. The number of aryl methyl sites for hydroxylation is 3. The van der Waals surface area contributed by atoms with Crippen LogP contribution in [0, 0.1) is 20.8 Å². The van der Waals surface area contributed by atoms with Crippen LogP contribution in [0.15, 0.2) is 30.6 Å². The molecule has 0 aliphatic carbocycles. The quantitative estimate of drug-likeness (QED) is 0.542. The van der Waals surface area contributed by atoms with E-state index in [1.165, 1.54) is 27.5 Å². The number of aromatic nitrogens is 2. The molecule has 17 heavy (non-hydrogen) atoms. The van der Waals surface area contributed by atoms with Gasteiger partial charge in [0.1, 0.15) is 0 Å². The first kappa shape index (κ1) is 10.2. The van der Waals surface area contributed by atoms with Crippen molar-refractivity contribution in [2.75, 3.05) is 0 Å². The minimum absolute atomic E-state index is 0.996. The molecule has 0 aliphatic heterocycles. The van der Waals surface area contributed by atoms with Crippen molar-refractivity contribution in [3.8, 4) is 0 Å². The fraction of sp³-hybridized carbons (Fsp3) is 0.200. The summed E-state index contributed by atoms with van der Waals surface area (Å²) < 4.78 is 0. The SMILES string of the molecule is Cc1cnc2c(c1)cc(C)c1cc(C)cnc12. The molecule has 0 N–H and O–H groups in total. The lowest BCUT2D eigenvalue weighted by Gasteiger charge is -2.07. The molecule has 0 unspecified atom stereocenters. The zero-order chi connectivity index (χ0) is 12.0. The molecular formula is C15H14N2. The molecule has 3 rings (SSSR count). The van der Waals surface area contributed by atoms with E-state index in [2.05, 4.69) is 48.9 Å². The van der Waals surface area contributed by atoms with Gasteiger partial charge in [-0.15, -0.1) is 0 Å². The van der Waals surface area contributed by atoms with Crippen LogP contribution in [0.3, 0.4) is 0 Å². The van der Waals surface area contributed by atoms with Gasteiger partial charge >= 0.3 is 0 Å². The summed E-state index contributed by atoms with van der Waals surface area (Å²) in [6.45, 7) is 6.26. The van der Waals surface area contributed by atoms with Crippen LogP contribution < -0.4 is 0 Å². The topological polar surface area (TPSA) is 25.8 Å². The number of fused-ring (bicyclic) bond motifs is 3. The minimum atomic E-state index is 0.996. The van der Waals surface area contributed by atoms with Crippen LogP contribution in [0.5, 0.6) is 0 Å². The van der Waals surface area contributed by atoms with E-state index in [1.807, 2.05) is 12.4 Å². The molecule has 0 atom stereocenters. The van der Waals surface area contributed by atoms with Gasteiger partial charge in [0.25, 0.3) is 0 Å². The van der Waals surface area contributed by atoms with Crippen LogP contribution in [0.4, 0.5) is 0 Å². The van der Waals surface area contributed by atoms with Gasteiger partial charge in [0.05, 0.1) is 11.0 Å². The fourth-order valence-corrected chi connectivity index (χ4v) is 2.27. The number of benzene rings is 1. The molecule has 0 saturated carbocycles. The number of hydrogen-bond donors (Lipinski definition) is 0. The second kappa shape index (κ2) is 3.52. The normalized spacial score (nSPS) is 11.2. The first-order valence-electron chi connectivity index (χ1n) is 5.77. The Kier molecular flexibility index (Phi) is 2.11. The fourth-order valence-electron chi connectivity index (χ4n) is 2.27. The third kappa shape index (κ3) is 1.57. The Hall–Kier alpha value is -1.96. The highest BCUT2D eigenvalue weighted by Crippen LogP contribution is 2.26. The summed E-state index contributed by atoms with van der Waals surface area (Å²) in [4.78, 5) is 9.05. The maximum Gasteiger partial charge on any atom is 0.0967 e. The number of nitrogens with zero attached hydrogens (tertiary/aromatic N) is 2. The summed E-state index contributed by atoms with van der Waals surface area (Å²) >= 11 is 0. The van der Waals surface area contributed by atoms with Gasteiger partial charge in [-0.1, -0.05) is 0 Å². The summed E-state index contributed by atoms with van der Waals surface area (Å²) in [7, 11) is 0. The van der Waals surface area contributed by atoms with E-state index in [1.54, 1.807) is 0 Å². The molecule has 0 bridgehead atoms. The van der Waals surface area contributed by atoms with Crippen molar-refractivity contribution in [1.29, 1.82) is 0 Å². The highest BCUT2D eigenvalue weighted by Gasteiger charge is 2.06. The van der Waals surface area contributed by atoms with Gasteiger partial charge in [-0.2, -0.15) is 0 Å². The molecule has 0 amide bonds. The van der Waals surface area contributed by atoms with Crippen LogP contribution >= 0.6 is 0 Å². The van der Waals surface area contributed by atoms with Crippen LogP contribution in [0.2, 0.25) is 0 Å². The molecule has 2 heterocycles. The Labute approximate surface area is 100 Å². The zero-order valence-corrected chi connectivity index (χ0v) is 10.3. The Morgan fingerprint density at radius 3 is 2.18 bits per heavy atom. The van der Waals surface area contributed by atoms with Crippen molar-refractivity contribution in [2.45, 2.75) is 20.8 Å². The summed E-state index contributed by atoms with van der Waals surface area (Å²) in [6, 6.07) is 6.54. The van der Waals surface area contributed by atoms with E-state index >= 15 is 0 Å². The van der Waals surface area contributed by atoms with Crippen molar-refractivity contribution < 1.29 is 0 Å². The van der Waals surface area contributed by atoms with E-state index < -0.39 is 0 Å². The maximum absolute atomic E-state index is 4.54. The van der Waals surface area contributed by atoms with E-state index in [4.69, 9.17) is 0 Å². The van der Waals surface area contributed by atoms with Gasteiger partial charge in [-0.3, -0.25) is 9.97 Å². The Bertz CT molecular complexity index is 730. The lowest BCUT2D eigenvalue weighted by molar-refractivity contribution is 1.30. The van der Waals surface area contributed by atoms with Crippen molar-refractivity contribution >= 4 is 21.8 Å². The number of hydrogen-bond acceptors (Lipinski definition) is 2. The molecule has 0 spiro atoms. The summed E-state index contributed by atoms with van der Waals surface area (Å²) in [5.74, 6) is 0. The second-order valence-electron chi connectivity index (χ2n) is 4.69. The van der Waals surface area contributed by atoms with Crippen LogP contribution in [-0.4, -0.2) is 9.97 Å². The molecule has 2 nitrogen and oxygen atoms in total. The third-order valence-corrected chi connectivity index (χ3v) is 3.10. The first-order chi connectivity index (χ1) is 8.15. The largest absolute Gasteiger partial charge is 0.254 e. The molecule has 3 aromatic rings. The predicted octanol–water partition coefficient (Wildman–Crippen LogP) is 3.71. The molecule has 1 aromatic carbocycles. The Morgan fingerprint density at radius 1 is 0.765 bits per heavy atom. The van der Waals surface area contributed by atoms with E-state index in [9.17, 15) is 0 Å². The summed E-state index contributed by atoms with van der Waals surface area (Å²) in [6.07, 6.45) is 3.81. The summed E-state index contributed by atoms with van der Waals surface area (Å²) in [5.41, 5.74) is 5.63. The van der Waals surface area contributed by atoms with E-state index in [0.29, 0.717) is 0 Å². The standard InChI is InChI=1S/C15H14N2/c1-9-4-12-6-11(3)13-5-10(2)8-17-15(13)14(12)16-7-9/h4-8H,1-3H3. The molecule has 0 saturated heterocycles. The highest BCUT2D eigenvalue weighted by molar-refractivity contribution is 6.04. The van der Waals surface area contributed by atoms with Gasteiger partial charge in [-0.05, 0) is 55.7 Å². The van der Waals surface area contributed by atoms with Gasteiger partial charge in [0, 0.05) is 23.2 Å². The van der Waals surface area contributed by atoms with Crippen LogP contribution in [0.25, 0.3) is 21.8 Å². The van der Waals surface area contributed by atoms with Gasteiger partial charge in [0.15, 0.2) is 0 Å². The van der Waals surface area contributed by atoms with Crippen molar-refractivity contribution in [3.05, 3.63) is 47.3 Å². The Morgan fingerprint density at radius 2 is 1.41 bits per heavy atom. The van der Waals surface area contributed by atoms with Crippen LogP contribution in [-0.2, 0) is 0 Å². The molecule has 0 radical (unpaired) electrons. The average molecular weight is 222 g/mol. The van der Waals surface area contributed by atoms with Crippen molar-refractivity contribution in [1.82, 2.24) is 9.97 Å². The second-order valence-corrected chi connectivity index (χ2v) is 4.69. The molecule has 0 aliphatic rings. The van der Waals surface area contributed by atoms with E-state index in [-0.39, 0.29) is 0 Å². The lowest BCUT2D eigenvalue weighted by atomic mass is 10.0.